The van der Waals surface area contributed by atoms with Gasteiger partial charge in [-0.25, -0.2) is 4.68 Å². The van der Waals surface area contributed by atoms with Gasteiger partial charge in [0.15, 0.2) is 5.78 Å². The zero-order chi connectivity index (χ0) is 20.2. The molecule has 1 atom stereocenters. The fraction of sp³-hybridized carbons (Fsp3) is 0.389. The number of thioether (sulfide) groups is 1. The summed E-state index contributed by atoms with van der Waals surface area (Å²) in [5, 5.41) is 19.9. The number of benzene rings is 1. The van der Waals surface area contributed by atoms with Crippen molar-refractivity contribution in [3.63, 3.8) is 0 Å². The number of anilines is 1. The van der Waals surface area contributed by atoms with Crippen LogP contribution >= 0.6 is 23.4 Å². The highest BCUT2D eigenvalue weighted by atomic mass is 35.5. The van der Waals surface area contributed by atoms with Crippen LogP contribution in [-0.2, 0) is 4.79 Å². The normalized spacial score (nSPS) is 20.4. The minimum atomic E-state index is -0.657. The number of non-ortho nitro benzene ring substituents is 1. The number of rotatable bonds is 3. The lowest BCUT2D eigenvalue weighted by Gasteiger charge is -2.38. The van der Waals surface area contributed by atoms with E-state index in [2.05, 4.69) is 15.4 Å². The van der Waals surface area contributed by atoms with Crippen molar-refractivity contribution in [3.8, 4) is 0 Å². The zero-order valence-corrected chi connectivity index (χ0v) is 17.1. The Labute approximate surface area is 170 Å². The van der Waals surface area contributed by atoms with Crippen LogP contribution < -0.4 is 5.32 Å². The van der Waals surface area contributed by atoms with Crippen LogP contribution in [0.3, 0.4) is 0 Å². The SMILES string of the molecule is CSc1nc2n(n1)[C@H](c1cc([N+](=O)[O-])ccc1Cl)C1=C(CC(C)(C)CC1=O)N2. The number of hydrogen-bond acceptors (Lipinski definition) is 7. The van der Waals surface area contributed by atoms with Gasteiger partial charge in [0.25, 0.3) is 5.69 Å². The molecule has 1 aromatic carbocycles. The number of carbonyl (C=O) groups is 1. The first kappa shape index (κ1) is 18.9. The Morgan fingerprint density at radius 1 is 1.39 bits per heavy atom. The van der Waals surface area contributed by atoms with Gasteiger partial charge in [0.1, 0.15) is 6.04 Å². The minimum absolute atomic E-state index is 0.0156. The molecule has 28 heavy (non-hydrogen) atoms. The number of hydrogen-bond donors (Lipinski definition) is 1. The van der Waals surface area contributed by atoms with E-state index in [1.54, 1.807) is 4.68 Å². The number of nitro benzene ring substituents is 1. The van der Waals surface area contributed by atoms with Gasteiger partial charge < -0.3 is 5.32 Å². The Bertz CT molecular complexity index is 1050. The molecular formula is C18H18ClN5O3S. The van der Waals surface area contributed by atoms with E-state index < -0.39 is 11.0 Å². The summed E-state index contributed by atoms with van der Waals surface area (Å²) in [5.74, 6) is 0.486. The predicted octanol–water partition coefficient (Wildman–Crippen LogP) is 4.22. The largest absolute Gasteiger partial charge is 0.328 e. The molecule has 0 radical (unpaired) electrons. The fourth-order valence-electron chi connectivity index (χ4n) is 3.82. The van der Waals surface area contributed by atoms with Crippen molar-refractivity contribution in [3.05, 3.63) is 50.2 Å². The lowest BCUT2D eigenvalue weighted by Crippen LogP contribution is -2.36. The van der Waals surface area contributed by atoms with Crippen LogP contribution in [-0.4, -0.2) is 31.7 Å². The van der Waals surface area contributed by atoms with Crippen LogP contribution in [0.25, 0.3) is 0 Å². The van der Waals surface area contributed by atoms with Gasteiger partial charge in [-0.05, 0) is 24.2 Å². The van der Waals surface area contributed by atoms with Gasteiger partial charge in [0.2, 0.25) is 11.1 Å². The van der Waals surface area contributed by atoms with Crippen LogP contribution in [0.4, 0.5) is 11.6 Å². The Hall–Kier alpha value is -2.39. The van der Waals surface area contributed by atoms with Gasteiger partial charge >= 0.3 is 0 Å². The topological polar surface area (TPSA) is 103 Å². The van der Waals surface area contributed by atoms with Crippen molar-refractivity contribution in [1.82, 2.24) is 14.8 Å². The number of nitro groups is 1. The number of carbonyl (C=O) groups excluding carboxylic acids is 1. The van der Waals surface area contributed by atoms with Gasteiger partial charge in [0, 0.05) is 40.4 Å². The van der Waals surface area contributed by atoms with Crippen molar-refractivity contribution < 1.29 is 9.72 Å². The third kappa shape index (κ3) is 3.08. The molecule has 4 rings (SSSR count). The molecule has 10 heteroatoms. The number of fused-ring (bicyclic) bond motifs is 1. The quantitative estimate of drug-likeness (QED) is 0.451. The molecule has 2 aromatic rings. The molecule has 1 aliphatic heterocycles. The van der Waals surface area contributed by atoms with Gasteiger partial charge in [-0.2, -0.15) is 4.98 Å². The molecule has 0 saturated heterocycles. The molecule has 0 saturated carbocycles. The Morgan fingerprint density at radius 2 is 2.14 bits per heavy atom. The van der Waals surface area contributed by atoms with Crippen molar-refractivity contribution in [1.29, 1.82) is 0 Å². The van der Waals surface area contributed by atoms with E-state index in [1.165, 1.54) is 30.0 Å². The Kier molecular flexibility index (Phi) is 4.46. The molecule has 1 aliphatic carbocycles. The molecule has 1 N–H and O–H groups in total. The highest BCUT2D eigenvalue weighted by molar-refractivity contribution is 7.98. The van der Waals surface area contributed by atoms with E-state index >= 15 is 0 Å². The van der Waals surface area contributed by atoms with E-state index in [0.717, 1.165) is 5.70 Å². The highest BCUT2D eigenvalue weighted by Crippen LogP contribution is 2.47. The molecule has 0 fully saturated rings. The second-order valence-corrected chi connectivity index (χ2v) is 8.87. The number of nitrogens with one attached hydrogen (secondary N) is 1. The molecule has 8 nitrogen and oxygen atoms in total. The fourth-order valence-corrected chi connectivity index (χ4v) is 4.39. The number of halogens is 1. The summed E-state index contributed by atoms with van der Waals surface area (Å²) in [5.41, 5.74) is 1.52. The van der Waals surface area contributed by atoms with E-state index in [0.29, 0.717) is 40.1 Å². The first-order valence-electron chi connectivity index (χ1n) is 8.68. The van der Waals surface area contributed by atoms with Crippen molar-refractivity contribution in [2.75, 3.05) is 11.6 Å². The van der Waals surface area contributed by atoms with Crippen LogP contribution in [0.5, 0.6) is 0 Å². The maximum atomic E-state index is 13.1. The molecule has 2 aliphatic rings. The summed E-state index contributed by atoms with van der Waals surface area (Å²) in [6, 6.07) is 3.60. The monoisotopic (exact) mass is 419 g/mol. The number of allylic oxidation sites excluding steroid dienone is 2. The molecule has 2 heterocycles. The van der Waals surface area contributed by atoms with Gasteiger partial charge in [0.05, 0.1) is 4.92 Å². The van der Waals surface area contributed by atoms with Crippen molar-refractivity contribution >= 4 is 40.8 Å². The highest BCUT2D eigenvalue weighted by Gasteiger charge is 2.42. The number of aromatic nitrogens is 3. The Morgan fingerprint density at radius 3 is 2.82 bits per heavy atom. The average Bonchev–Trinajstić information content (AvgIpc) is 3.02. The predicted molar refractivity (Wildman–Crippen MR) is 107 cm³/mol. The first-order valence-corrected chi connectivity index (χ1v) is 10.3. The summed E-state index contributed by atoms with van der Waals surface area (Å²) in [6.45, 7) is 4.08. The molecule has 0 spiro atoms. The zero-order valence-electron chi connectivity index (χ0n) is 15.5. The van der Waals surface area contributed by atoms with E-state index in [-0.39, 0.29) is 16.9 Å². The lowest BCUT2D eigenvalue weighted by molar-refractivity contribution is -0.384. The summed E-state index contributed by atoms with van der Waals surface area (Å²) < 4.78 is 1.60. The van der Waals surface area contributed by atoms with Crippen LogP contribution in [0.1, 0.15) is 38.3 Å². The third-order valence-electron chi connectivity index (χ3n) is 4.98. The summed E-state index contributed by atoms with van der Waals surface area (Å²) >= 11 is 7.81. The Balaban J connectivity index is 1.96. The second-order valence-electron chi connectivity index (χ2n) is 7.69. The first-order chi connectivity index (χ1) is 13.2. The van der Waals surface area contributed by atoms with E-state index in [4.69, 9.17) is 11.6 Å². The van der Waals surface area contributed by atoms with Crippen LogP contribution in [0.15, 0.2) is 34.6 Å². The number of nitrogens with zero attached hydrogens (tertiary/aromatic N) is 4. The maximum absolute atomic E-state index is 13.1. The van der Waals surface area contributed by atoms with Gasteiger partial charge in [-0.1, -0.05) is 37.2 Å². The lowest BCUT2D eigenvalue weighted by atomic mass is 9.73. The number of Topliss-reactive ketones (excluding diaryl/α,β-unsaturated/α-hetero) is 1. The molecule has 0 amide bonds. The molecule has 1 aromatic heterocycles. The number of ketones is 1. The molecular weight excluding hydrogens is 402 g/mol. The van der Waals surface area contributed by atoms with Gasteiger partial charge in [-0.15, -0.1) is 5.10 Å². The maximum Gasteiger partial charge on any atom is 0.269 e. The summed E-state index contributed by atoms with van der Waals surface area (Å²) in [6.07, 6.45) is 2.91. The van der Waals surface area contributed by atoms with Crippen molar-refractivity contribution in [2.45, 2.75) is 37.9 Å². The van der Waals surface area contributed by atoms with Crippen molar-refractivity contribution in [2.24, 2.45) is 5.41 Å². The van der Waals surface area contributed by atoms with Crippen LogP contribution in [0, 0.1) is 15.5 Å². The summed E-state index contributed by atoms with van der Waals surface area (Å²) in [7, 11) is 0. The minimum Gasteiger partial charge on any atom is -0.328 e. The third-order valence-corrected chi connectivity index (χ3v) is 5.86. The van der Waals surface area contributed by atoms with Crippen LogP contribution in [0.2, 0.25) is 5.02 Å². The summed E-state index contributed by atoms with van der Waals surface area (Å²) in [4.78, 5) is 28.4. The smallest absolute Gasteiger partial charge is 0.269 e. The molecule has 0 bridgehead atoms. The van der Waals surface area contributed by atoms with Gasteiger partial charge in [-0.3, -0.25) is 14.9 Å². The molecule has 0 unspecified atom stereocenters. The average molecular weight is 420 g/mol. The van der Waals surface area contributed by atoms with E-state index in [9.17, 15) is 14.9 Å². The second kappa shape index (κ2) is 6.59. The standard InChI is InChI=1S/C18H18ClN5O3S/c1-18(2)7-12-14(13(25)8-18)15(23-16(20-12)21-17(22-23)28-3)10-6-9(24(26)27)4-5-11(10)19/h4-6,15H,7-8H2,1-3H3,(H,20,21,22)/t15-/m1/s1. The van der Waals surface area contributed by atoms with E-state index in [1.807, 2.05) is 20.1 Å². The molecule has 146 valence electrons.